The number of aromatic nitrogens is 2. The Labute approximate surface area is 166 Å². The van der Waals surface area contributed by atoms with Crippen molar-refractivity contribution in [3.63, 3.8) is 0 Å². The Bertz CT molecular complexity index is 915. The van der Waals surface area contributed by atoms with Gasteiger partial charge in [-0.05, 0) is 31.0 Å². The van der Waals surface area contributed by atoms with Crippen LogP contribution < -0.4 is 5.32 Å². The molecule has 0 aliphatic carbocycles. The van der Waals surface area contributed by atoms with Gasteiger partial charge in [0.05, 0.1) is 37.3 Å². The molecule has 0 amide bonds. The monoisotopic (exact) mass is 377 g/mol. The first-order valence-corrected chi connectivity index (χ1v) is 9.82. The fourth-order valence-electron chi connectivity index (χ4n) is 3.49. The fraction of sp³-hybridized carbons (Fsp3) is 0.348. The molecule has 5 nitrogen and oxygen atoms in total. The van der Waals surface area contributed by atoms with Gasteiger partial charge in [-0.3, -0.25) is 0 Å². The van der Waals surface area contributed by atoms with Gasteiger partial charge >= 0.3 is 0 Å². The second kappa shape index (κ2) is 8.69. The number of nitrogens with one attached hydrogen (secondary N) is 1. The third kappa shape index (κ3) is 4.33. The molecule has 1 aliphatic heterocycles. The number of nitrogens with zero attached hydrogens (tertiary/aromatic N) is 2. The molecule has 4 rings (SSSR count). The van der Waals surface area contributed by atoms with Crippen molar-refractivity contribution in [3.05, 3.63) is 71.4 Å². The quantitative estimate of drug-likeness (QED) is 0.712. The number of benzene rings is 2. The minimum Gasteiger partial charge on any atom is -0.376 e. The number of aryl methyl sites for hydroxylation is 2. The first-order valence-electron chi connectivity index (χ1n) is 9.82. The second-order valence-corrected chi connectivity index (χ2v) is 7.30. The Morgan fingerprint density at radius 3 is 2.75 bits per heavy atom. The summed E-state index contributed by atoms with van der Waals surface area (Å²) < 4.78 is 13.2. The number of rotatable bonds is 6. The Hall–Kier alpha value is -2.47. The van der Waals surface area contributed by atoms with Crippen LogP contribution in [-0.2, 0) is 16.0 Å². The van der Waals surface area contributed by atoms with Crippen LogP contribution in [0.2, 0.25) is 0 Å². The summed E-state index contributed by atoms with van der Waals surface area (Å²) in [6, 6.07) is 16.8. The van der Waals surface area contributed by atoms with E-state index >= 15 is 0 Å². The highest BCUT2D eigenvalue weighted by Gasteiger charge is 2.16. The van der Waals surface area contributed by atoms with Crippen LogP contribution in [-0.4, -0.2) is 42.2 Å². The molecule has 1 unspecified atom stereocenters. The first-order chi connectivity index (χ1) is 13.7. The summed E-state index contributed by atoms with van der Waals surface area (Å²) in [4.78, 5) is 0. The summed E-state index contributed by atoms with van der Waals surface area (Å²) in [6.45, 7) is 7.75. The fourth-order valence-corrected chi connectivity index (χ4v) is 3.49. The van der Waals surface area contributed by atoms with Gasteiger partial charge in [-0.2, -0.15) is 5.10 Å². The van der Waals surface area contributed by atoms with Crippen molar-refractivity contribution in [1.82, 2.24) is 15.1 Å². The van der Waals surface area contributed by atoms with Crippen LogP contribution in [0.5, 0.6) is 0 Å². The Morgan fingerprint density at radius 2 is 1.96 bits per heavy atom. The van der Waals surface area contributed by atoms with Gasteiger partial charge in [0.1, 0.15) is 0 Å². The SMILES string of the molecule is Cc1ccc(C)c(-n2cc(CNCC3COCCO3)c(-c3ccccc3)n2)c1. The second-order valence-electron chi connectivity index (χ2n) is 7.30. The maximum absolute atomic E-state index is 5.73. The smallest absolute Gasteiger partial charge is 0.0972 e. The zero-order valence-corrected chi connectivity index (χ0v) is 16.5. The predicted octanol–water partition coefficient (Wildman–Crippen LogP) is 3.66. The average Bonchev–Trinajstić information content (AvgIpc) is 3.15. The van der Waals surface area contributed by atoms with Crippen LogP contribution >= 0.6 is 0 Å². The maximum Gasteiger partial charge on any atom is 0.0972 e. The summed E-state index contributed by atoms with van der Waals surface area (Å²) in [6.07, 6.45) is 2.25. The Balaban J connectivity index is 1.60. The highest BCUT2D eigenvalue weighted by Crippen LogP contribution is 2.25. The number of hydrogen-bond acceptors (Lipinski definition) is 4. The van der Waals surface area contributed by atoms with Crippen molar-refractivity contribution in [2.24, 2.45) is 0 Å². The van der Waals surface area contributed by atoms with Crippen molar-refractivity contribution in [1.29, 1.82) is 0 Å². The van der Waals surface area contributed by atoms with E-state index in [4.69, 9.17) is 14.6 Å². The normalized spacial score (nSPS) is 17.0. The minimum absolute atomic E-state index is 0.114. The standard InChI is InChI=1S/C23H27N3O2/c1-17-8-9-18(2)22(12-17)26-15-20(13-24-14-21-16-27-10-11-28-21)23(25-26)19-6-4-3-5-7-19/h3-9,12,15,21,24H,10-11,13-14,16H2,1-2H3. The third-order valence-electron chi connectivity index (χ3n) is 5.02. The van der Waals surface area contributed by atoms with E-state index in [1.165, 1.54) is 16.7 Å². The molecule has 0 saturated carbocycles. The van der Waals surface area contributed by atoms with E-state index in [9.17, 15) is 0 Å². The topological polar surface area (TPSA) is 48.3 Å². The van der Waals surface area contributed by atoms with Gasteiger partial charge in [-0.1, -0.05) is 42.5 Å². The van der Waals surface area contributed by atoms with E-state index < -0.39 is 0 Å². The van der Waals surface area contributed by atoms with Crippen LogP contribution in [0.15, 0.2) is 54.7 Å². The lowest BCUT2D eigenvalue weighted by molar-refractivity contribution is -0.0864. The molecule has 1 N–H and O–H groups in total. The first kappa shape index (κ1) is 18.9. The molecule has 2 aromatic carbocycles. The van der Waals surface area contributed by atoms with Crippen LogP contribution in [0.3, 0.4) is 0 Å². The largest absolute Gasteiger partial charge is 0.376 e. The van der Waals surface area contributed by atoms with E-state index in [2.05, 4.69) is 67.8 Å². The highest BCUT2D eigenvalue weighted by molar-refractivity contribution is 5.63. The van der Waals surface area contributed by atoms with E-state index in [0.29, 0.717) is 19.8 Å². The molecule has 1 aromatic heterocycles. The molecule has 1 fully saturated rings. The molecule has 0 spiro atoms. The maximum atomic E-state index is 5.73. The average molecular weight is 377 g/mol. The van der Waals surface area contributed by atoms with Gasteiger partial charge in [0.15, 0.2) is 0 Å². The molecule has 28 heavy (non-hydrogen) atoms. The number of hydrogen-bond donors (Lipinski definition) is 1. The van der Waals surface area contributed by atoms with Crippen LogP contribution in [0.25, 0.3) is 16.9 Å². The van der Waals surface area contributed by atoms with E-state index in [1.807, 2.05) is 10.7 Å². The summed E-state index contributed by atoms with van der Waals surface area (Å²) in [7, 11) is 0. The van der Waals surface area contributed by atoms with Crippen molar-refractivity contribution in [2.75, 3.05) is 26.4 Å². The summed E-state index contributed by atoms with van der Waals surface area (Å²) in [5.41, 5.74) is 6.86. The molecular weight excluding hydrogens is 350 g/mol. The summed E-state index contributed by atoms with van der Waals surface area (Å²) >= 11 is 0. The minimum atomic E-state index is 0.114. The highest BCUT2D eigenvalue weighted by atomic mass is 16.6. The molecule has 1 saturated heterocycles. The molecule has 0 bridgehead atoms. The summed E-state index contributed by atoms with van der Waals surface area (Å²) in [5.74, 6) is 0. The summed E-state index contributed by atoms with van der Waals surface area (Å²) in [5, 5.41) is 8.45. The zero-order chi connectivity index (χ0) is 19.3. The molecule has 1 aliphatic rings. The van der Waals surface area contributed by atoms with Crippen LogP contribution in [0.4, 0.5) is 0 Å². The van der Waals surface area contributed by atoms with Gasteiger partial charge in [-0.15, -0.1) is 0 Å². The van der Waals surface area contributed by atoms with Crippen molar-refractivity contribution in [3.8, 4) is 16.9 Å². The van der Waals surface area contributed by atoms with Gasteiger partial charge in [0, 0.05) is 30.4 Å². The molecule has 0 radical (unpaired) electrons. The van der Waals surface area contributed by atoms with Gasteiger partial charge in [0.2, 0.25) is 0 Å². The van der Waals surface area contributed by atoms with Gasteiger partial charge < -0.3 is 14.8 Å². The van der Waals surface area contributed by atoms with E-state index in [-0.39, 0.29) is 6.10 Å². The van der Waals surface area contributed by atoms with Crippen LogP contribution in [0.1, 0.15) is 16.7 Å². The molecule has 1 atom stereocenters. The van der Waals surface area contributed by atoms with E-state index in [0.717, 1.165) is 30.0 Å². The molecule has 5 heteroatoms. The van der Waals surface area contributed by atoms with Gasteiger partial charge in [0.25, 0.3) is 0 Å². The van der Waals surface area contributed by atoms with E-state index in [1.54, 1.807) is 0 Å². The van der Waals surface area contributed by atoms with Crippen LogP contribution in [0, 0.1) is 13.8 Å². The lowest BCUT2D eigenvalue weighted by atomic mass is 10.1. The van der Waals surface area contributed by atoms with Crippen molar-refractivity contribution >= 4 is 0 Å². The van der Waals surface area contributed by atoms with Gasteiger partial charge in [-0.25, -0.2) is 4.68 Å². The number of ether oxygens (including phenoxy) is 2. The molecule has 146 valence electrons. The Kier molecular flexibility index (Phi) is 5.86. The molecule has 2 heterocycles. The third-order valence-corrected chi connectivity index (χ3v) is 5.02. The molecular formula is C23H27N3O2. The molecule has 3 aromatic rings. The van der Waals surface area contributed by atoms with Crippen molar-refractivity contribution in [2.45, 2.75) is 26.5 Å². The lowest BCUT2D eigenvalue weighted by Gasteiger charge is -2.23. The predicted molar refractivity (Wildman–Crippen MR) is 111 cm³/mol. The Morgan fingerprint density at radius 1 is 1.11 bits per heavy atom. The zero-order valence-electron chi connectivity index (χ0n) is 16.5. The van der Waals surface area contributed by atoms with Crippen molar-refractivity contribution < 1.29 is 9.47 Å². The lowest BCUT2D eigenvalue weighted by Crippen LogP contribution is -2.37.